The van der Waals surface area contributed by atoms with Crippen molar-refractivity contribution in [3.63, 3.8) is 0 Å². The molecule has 0 nitrogen and oxygen atoms in total. The summed E-state index contributed by atoms with van der Waals surface area (Å²) < 4.78 is 0. The number of halogens is 5. The Morgan fingerprint density at radius 3 is 0.538 bits per heavy atom. The molecule has 0 fully saturated rings. The second-order valence-corrected chi connectivity index (χ2v) is 1.15. The van der Waals surface area contributed by atoms with Crippen molar-refractivity contribution < 1.29 is 83.8 Å². The van der Waals surface area contributed by atoms with Crippen molar-refractivity contribution in [3.8, 4) is 0 Å². The molecule has 0 aromatic heterocycles. The summed E-state index contributed by atoms with van der Waals surface area (Å²) in [7, 11) is 0. The summed E-state index contributed by atoms with van der Waals surface area (Å²) in [6, 6.07) is 12.0. The van der Waals surface area contributed by atoms with Crippen molar-refractivity contribution in [1.82, 2.24) is 0 Å². The van der Waals surface area contributed by atoms with Crippen LogP contribution in [0.5, 0.6) is 0 Å². The molecule has 0 radical (unpaired) electrons. The summed E-state index contributed by atoms with van der Waals surface area (Å²) in [6.07, 6.45) is 0. The van der Waals surface area contributed by atoms with Gasteiger partial charge >= 0.3 is 39.1 Å². The van der Waals surface area contributed by atoms with Crippen LogP contribution in [0.25, 0.3) is 0 Å². The van der Waals surface area contributed by atoms with E-state index in [9.17, 15) is 0 Å². The molecule has 0 unspecified atom stereocenters. The number of hydrogen-bond donors (Lipinski definition) is 0. The number of hydrogen-bond acceptors (Lipinski definition) is 0. The smallest absolute Gasteiger partial charge is 1.00 e. The first-order valence-corrected chi connectivity index (χ1v) is 2.00. The van der Waals surface area contributed by atoms with E-state index in [1.54, 1.807) is 0 Å². The fourth-order valence-corrected chi connectivity index (χ4v) is 0.385. The van der Waals surface area contributed by atoms with Gasteiger partial charge in [0.05, 0.1) is 0 Å². The molecule has 7 heteroatoms. The summed E-state index contributed by atoms with van der Waals surface area (Å²) in [4.78, 5) is 0. The Bertz CT molecular complexity index is 92.9. The normalized spacial score (nSPS) is 3.69. The van der Waals surface area contributed by atoms with Gasteiger partial charge in [-0.2, -0.15) is 0 Å². The predicted octanol–water partition coefficient (Wildman–Crippen LogP) is -13.7. The molecule has 0 heterocycles. The Labute approximate surface area is 136 Å². The zero-order chi connectivity index (χ0) is 4.24. The molecule has 0 spiro atoms. The molecule has 72 valence electrons. The van der Waals surface area contributed by atoms with Crippen LogP contribution in [0.2, 0.25) is 0 Å². The van der Waals surface area contributed by atoms with Crippen molar-refractivity contribution in [3.05, 3.63) is 36.4 Å². The van der Waals surface area contributed by atoms with E-state index >= 15 is 0 Å². The van der Waals surface area contributed by atoms with Crippen molar-refractivity contribution in [2.45, 2.75) is 0 Å². The summed E-state index contributed by atoms with van der Waals surface area (Å²) in [5.74, 6) is 0. The molecule has 0 saturated carbocycles. The van der Waals surface area contributed by atoms with Crippen LogP contribution in [0.4, 0.5) is 0 Å². The van der Waals surface area contributed by atoms with Gasteiger partial charge in [0.15, 0.2) is 0 Å². The van der Waals surface area contributed by atoms with Crippen LogP contribution in [0, 0.1) is 0 Å². The largest absolute Gasteiger partial charge is 3.00 e. The quantitative estimate of drug-likeness (QED) is 0.415. The van der Waals surface area contributed by atoms with E-state index in [1.165, 1.54) is 0 Å². The molecule has 0 bridgehead atoms. The van der Waals surface area contributed by atoms with Crippen LogP contribution >= 0.6 is 0 Å². The average molecular weight is 330 g/mol. The van der Waals surface area contributed by atoms with E-state index in [4.69, 9.17) is 0 Å². The van der Waals surface area contributed by atoms with Gasteiger partial charge in [-0.25, -0.2) is 0 Å². The van der Waals surface area contributed by atoms with Crippen molar-refractivity contribution >= 4 is 17.4 Å². The summed E-state index contributed by atoms with van der Waals surface area (Å²) in [5.41, 5.74) is 0. The van der Waals surface area contributed by atoms with E-state index in [0.29, 0.717) is 0 Å². The third kappa shape index (κ3) is 31.5. The monoisotopic (exact) mass is 328 g/mol. The van der Waals surface area contributed by atoms with Gasteiger partial charge in [0.1, 0.15) is 0 Å². The van der Waals surface area contributed by atoms with Crippen LogP contribution in [-0.2, 0) is 21.7 Å². The van der Waals surface area contributed by atoms with E-state index < -0.39 is 0 Å². The first-order valence-electron chi connectivity index (χ1n) is 2.00. The Morgan fingerprint density at radius 2 is 0.462 bits per heavy atom. The van der Waals surface area contributed by atoms with Crippen molar-refractivity contribution in [1.29, 1.82) is 0 Å². The Kier molecular flexibility index (Phi) is 131. The van der Waals surface area contributed by atoms with Gasteiger partial charge in [-0.05, 0) is 0 Å². The average Bonchev–Trinajstić information content (AvgIpc) is 1.72. The molecule has 1 rings (SSSR count). The molecule has 0 saturated heterocycles. The molecular weight excluding hydrogens is 324 g/mol. The summed E-state index contributed by atoms with van der Waals surface area (Å²) >= 11 is 0. The Balaban J connectivity index is -0.0000000103. The van der Waals surface area contributed by atoms with E-state index in [2.05, 4.69) is 0 Å². The third-order valence-electron chi connectivity index (χ3n) is 0.667. The van der Waals surface area contributed by atoms with Gasteiger partial charge in [0, 0.05) is 0 Å². The van der Waals surface area contributed by atoms with Crippen molar-refractivity contribution in [2.75, 3.05) is 0 Å². The third-order valence-corrected chi connectivity index (χ3v) is 0.667. The molecule has 0 N–H and O–H groups in total. The van der Waals surface area contributed by atoms with Gasteiger partial charge < -0.3 is 62.0 Å². The van der Waals surface area contributed by atoms with Crippen LogP contribution in [0.1, 0.15) is 0 Å². The maximum absolute atomic E-state index is 2.00. The zero-order valence-electron chi connectivity index (χ0n) is 6.43. The Hall–Kier alpha value is 1.92. The molecular formula is C6H6AlCl5Ti. The van der Waals surface area contributed by atoms with Crippen LogP contribution in [0.15, 0.2) is 36.4 Å². The van der Waals surface area contributed by atoms with E-state index in [-0.39, 0.29) is 101 Å². The first-order chi connectivity index (χ1) is 3.00. The molecule has 0 aliphatic heterocycles. The molecule has 1 aromatic carbocycles. The second-order valence-electron chi connectivity index (χ2n) is 1.15. The van der Waals surface area contributed by atoms with Gasteiger partial charge in [-0.1, -0.05) is 36.4 Å². The fraction of sp³-hybridized carbons (Fsp3) is 0. The summed E-state index contributed by atoms with van der Waals surface area (Å²) in [5, 5.41) is 0. The molecule has 0 amide bonds. The minimum atomic E-state index is 0. The van der Waals surface area contributed by atoms with Crippen LogP contribution in [0.3, 0.4) is 0 Å². The van der Waals surface area contributed by atoms with Crippen LogP contribution < -0.4 is 62.0 Å². The van der Waals surface area contributed by atoms with E-state index in [0.717, 1.165) is 0 Å². The molecule has 1 aromatic rings. The zero-order valence-corrected chi connectivity index (χ0v) is 12.9. The predicted molar refractivity (Wildman–Crippen MR) is 32.2 cm³/mol. The SMILES string of the molecule is [Al+3].[Cl-].[Cl-].[Cl-].[Cl-].[Cl-].[Ti+2].c1ccccc1. The standard InChI is InChI=1S/C6H6.Al.5ClH.Ti/c1-2-4-6-5-3-1;;;;;;;/h1-6H;;5*1H;/q;+3;;;;;;+2/p-5. The maximum Gasteiger partial charge on any atom is 3.00 e. The minimum Gasteiger partial charge on any atom is -1.00 e. The van der Waals surface area contributed by atoms with Gasteiger partial charge in [-0.3, -0.25) is 0 Å². The number of benzene rings is 1. The topological polar surface area (TPSA) is 0 Å². The maximum atomic E-state index is 2.00. The summed E-state index contributed by atoms with van der Waals surface area (Å²) in [6.45, 7) is 0. The van der Waals surface area contributed by atoms with E-state index in [1.807, 2.05) is 36.4 Å². The van der Waals surface area contributed by atoms with Gasteiger partial charge in [0.25, 0.3) is 0 Å². The molecule has 0 aliphatic rings. The fourth-order valence-electron chi connectivity index (χ4n) is 0.385. The first kappa shape index (κ1) is 46.1. The minimum absolute atomic E-state index is 0. The van der Waals surface area contributed by atoms with Gasteiger partial charge in [0.2, 0.25) is 0 Å². The second kappa shape index (κ2) is 37.0. The van der Waals surface area contributed by atoms with Gasteiger partial charge in [-0.15, -0.1) is 0 Å². The van der Waals surface area contributed by atoms with Crippen LogP contribution in [-0.4, -0.2) is 17.4 Å². The number of rotatable bonds is 0. The molecule has 13 heavy (non-hydrogen) atoms. The van der Waals surface area contributed by atoms with Crippen molar-refractivity contribution in [2.24, 2.45) is 0 Å². The Morgan fingerprint density at radius 1 is 0.385 bits per heavy atom. The molecule has 0 atom stereocenters. The molecule has 0 aliphatic carbocycles.